The number of nitrogens with one attached hydrogen (secondary N) is 1. The maximum absolute atomic E-state index is 11.7. The Hall–Kier alpha value is -1.06. The quantitative estimate of drug-likeness (QED) is 0.749. The van der Waals surface area contributed by atoms with Crippen molar-refractivity contribution in [2.75, 3.05) is 0 Å². The first kappa shape index (κ1) is 14.0. The van der Waals surface area contributed by atoms with Crippen LogP contribution in [0.1, 0.15) is 52.4 Å². The molecule has 0 unspecified atom stereocenters. The van der Waals surface area contributed by atoms with Gasteiger partial charge in [0, 0.05) is 6.42 Å². The largest absolute Gasteiger partial charge is 0.480 e. The second-order valence-corrected chi connectivity index (χ2v) is 5.44. The summed E-state index contributed by atoms with van der Waals surface area (Å²) in [4.78, 5) is 22.7. The maximum atomic E-state index is 11.7. The fourth-order valence-electron chi connectivity index (χ4n) is 2.42. The number of hydrogen-bond donors (Lipinski definition) is 2. The van der Waals surface area contributed by atoms with Crippen LogP contribution in [-0.4, -0.2) is 23.0 Å². The first-order chi connectivity index (χ1) is 7.99. The van der Waals surface area contributed by atoms with E-state index < -0.39 is 12.0 Å². The van der Waals surface area contributed by atoms with Crippen molar-refractivity contribution in [3.63, 3.8) is 0 Å². The minimum Gasteiger partial charge on any atom is -0.480 e. The number of hydrogen-bond acceptors (Lipinski definition) is 2. The van der Waals surface area contributed by atoms with E-state index in [-0.39, 0.29) is 11.8 Å². The highest BCUT2D eigenvalue weighted by molar-refractivity contribution is 5.83. The van der Waals surface area contributed by atoms with Crippen LogP contribution in [0.15, 0.2) is 0 Å². The van der Waals surface area contributed by atoms with Crippen molar-refractivity contribution >= 4 is 11.9 Å². The SMILES string of the molecule is CC(C)C[C@H](NC(=O)CC1CCCC1)C(=O)O. The van der Waals surface area contributed by atoms with E-state index in [1.165, 1.54) is 12.8 Å². The summed E-state index contributed by atoms with van der Waals surface area (Å²) in [6.07, 6.45) is 5.59. The van der Waals surface area contributed by atoms with E-state index in [2.05, 4.69) is 5.32 Å². The Kier molecular flexibility index (Phi) is 5.45. The molecule has 1 amide bonds. The molecule has 1 saturated carbocycles. The van der Waals surface area contributed by atoms with Gasteiger partial charge < -0.3 is 10.4 Å². The zero-order chi connectivity index (χ0) is 12.8. The molecule has 4 nitrogen and oxygen atoms in total. The van der Waals surface area contributed by atoms with Crippen LogP contribution in [0.5, 0.6) is 0 Å². The lowest BCUT2D eigenvalue weighted by molar-refractivity contribution is -0.142. The molecule has 98 valence electrons. The normalized spacial score (nSPS) is 18.3. The second kappa shape index (κ2) is 6.62. The maximum Gasteiger partial charge on any atom is 0.326 e. The molecule has 1 atom stereocenters. The Bertz CT molecular complexity index is 270. The van der Waals surface area contributed by atoms with Crippen molar-refractivity contribution < 1.29 is 14.7 Å². The molecule has 4 heteroatoms. The Morgan fingerprint density at radius 3 is 2.35 bits per heavy atom. The lowest BCUT2D eigenvalue weighted by atomic mass is 10.0. The van der Waals surface area contributed by atoms with Crippen LogP contribution in [0.25, 0.3) is 0 Å². The number of carboxylic acids is 1. The monoisotopic (exact) mass is 241 g/mol. The van der Waals surface area contributed by atoms with Gasteiger partial charge >= 0.3 is 5.97 Å². The van der Waals surface area contributed by atoms with E-state index in [0.717, 1.165) is 12.8 Å². The van der Waals surface area contributed by atoms with Crippen molar-refractivity contribution in [2.24, 2.45) is 11.8 Å². The van der Waals surface area contributed by atoms with Crippen LogP contribution in [0.2, 0.25) is 0 Å². The highest BCUT2D eigenvalue weighted by Gasteiger charge is 2.24. The van der Waals surface area contributed by atoms with Crippen LogP contribution in [-0.2, 0) is 9.59 Å². The number of rotatable bonds is 6. The molecule has 0 radical (unpaired) electrons. The summed E-state index contributed by atoms with van der Waals surface area (Å²) >= 11 is 0. The zero-order valence-electron chi connectivity index (χ0n) is 10.7. The average molecular weight is 241 g/mol. The summed E-state index contributed by atoms with van der Waals surface area (Å²) in [6.45, 7) is 3.91. The van der Waals surface area contributed by atoms with Crippen molar-refractivity contribution in [3.8, 4) is 0 Å². The first-order valence-corrected chi connectivity index (χ1v) is 6.51. The fourth-order valence-corrected chi connectivity index (χ4v) is 2.42. The standard InChI is InChI=1S/C13H23NO3/c1-9(2)7-11(13(16)17)14-12(15)8-10-5-3-4-6-10/h9-11H,3-8H2,1-2H3,(H,14,15)(H,16,17)/t11-/m0/s1. The number of carboxylic acid groups (broad SMARTS) is 1. The molecule has 2 N–H and O–H groups in total. The summed E-state index contributed by atoms with van der Waals surface area (Å²) < 4.78 is 0. The number of carbonyl (C=O) groups excluding carboxylic acids is 1. The van der Waals surface area contributed by atoms with Gasteiger partial charge in [0.2, 0.25) is 5.91 Å². The van der Waals surface area contributed by atoms with Crippen LogP contribution in [0.3, 0.4) is 0 Å². The molecule has 0 aromatic rings. The molecule has 0 aromatic carbocycles. The predicted molar refractivity (Wildman–Crippen MR) is 65.6 cm³/mol. The van der Waals surface area contributed by atoms with Gasteiger partial charge in [0.15, 0.2) is 0 Å². The molecular weight excluding hydrogens is 218 g/mol. The zero-order valence-corrected chi connectivity index (χ0v) is 10.7. The van der Waals surface area contributed by atoms with E-state index in [4.69, 9.17) is 5.11 Å². The van der Waals surface area contributed by atoms with Gasteiger partial charge in [-0.2, -0.15) is 0 Å². The van der Waals surface area contributed by atoms with E-state index in [0.29, 0.717) is 18.8 Å². The van der Waals surface area contributed by atoms with E-state index in [9.17, 15) is 9.59 Å². The Balaban J connectivity index is 2.37. The lowest BCUT2D eigenvalue weighted by Gasteiger charge is -2.17. The first-order valence-electron chi connectivity index (χ1n) is 6.51. The molecule has 0 spiro atoms. The Labute approximate surface area is 103 Å². The summed E-state index contributed by atoms with van der Waals surface area (Å²) in [5.74, 6) is -0.310. The number of carbonyl (C=O) groups is 2. The molecule has 17 heavy (non-hydrogen) atoms. The highest BCUT2D eigenvalue weighted by atomic mass is 16.4. The molecule has 1 rings (SSSR count). The minimum atomic E-state index is -0.932. The minimum absolute atomic E-state index is 0.107. The van der Waals surface area contributed by atoms with Gasteiger partial charge in [0.25, 0.3) is 0 Å². The van der Waals surface area contributed by atoms with Crippen molar-refractivity contribution in [1.82, 2.24) is 5.32 Å². The predicted octanol–water partition coefficient (Wildman–Crippen LogP) is 2.18. The summed E-state index contributed by atoms with van der Waals surface area (Å²) in [5.41, 5.74) is 0. The molecule has 0 bridgehead atoms. The number of aliphatic carboxylic acids is 1. The topological polar surface area (TPSA) is 66.4 Å². The second-order valence-electron chi connectivity index (χ2n) is 5.44. The van der Waals surface area contributed by atoms with Crippen LogP contribution < -0.4 is 5.32 Å². The molecule has 0 aromatic heterocycles. The van der Waals surface area contributed by atoms with Gasteiger partial charge in [0.05, 0.1) is 0 Å². The third kappa shape index (κ3) is 5.20. The Morgan fingerprint density at radius 2 is 1.88 bits per heavy atom. The van der Waals surface area contributed by atoms with Gasteiger partial charge in [-0.25, -0.2) is 4.79 Å². The van der Waals surface area contributed by atoms with Gasteiger partial charge in [-0.1, -0.05) is 26.7 Å². The van der Waals surface area contributed by atoms with Gasteiger partial charge in [-0.05, 0) is 31.1 Å². The van der Waals surface area contributed by atoms with E-state index in [1.807, 2.05) is 13.8 Å². The molecular formula is C13H23NO3. The van der Waals surface area contributed by atoms with Crippen molar-refractivity contribution in [2.45, 2.75) is 58.4 Å². The average Bonchev–Trinajstić information content (AvgIpc) is 2.68. The van der Waals surface area contributed by atoms with Crippen LogP contribution >= 0.6 is 0 Å². The molecule has 1 aliphatic rings. The van der Waals surface area contributed by atoms with Crippen molar-refractivity contribution in [3.05, 3.63) is 0 Å². The fraction of sp³-hybridized carbons (Fsp3) is 0.846. The van der Waals surface area contributed by atoms with Crippen LogP contribution in [0, 0.1) is 11.8 Å². The van der Waals surface area contributed by atoms with E-state index >= 15 is 0 Å². The third-order valence-electron chi connectivity index (χ3n) is 3.29. The van der Waals surface area contributed by atoms with Crippen LogP contribution in [0.4, 0.5) is 0 Å². The van der Waals surface area contributed by atoms with E-state index in [1.54, 1.807) is 0 Å². The lowest BCUT2D eigenvalue weighted by Crippen LogP contribution is -2.42. The third-order valence-corrected chi connectivity index (χ3v) is 3.29. The smallest absolute Gasteiger partial charge is 0.326 e. The van der Waals surface area contributed by atoms with Gasteiger partial charge in [-0.3, -0.25) is 4.79 Å². The summed E-state index contributed by atoms with van der Waals surface area (Å²) in [7, 11) is 0. The molecule has 1 aliphatic carbocycles. The molecule has 0 saturated heterocycles. The molecule has 1 fully saturated rings. The molecule has 0 heterocycles. The summed E-state index contributed by atoms with van der Waals surface area (Å²) in [5, 5.41) is 11.7. The highest BCUT2D eigenvalue weighted by Crippen LogP contribution is 2.27. The van der Waals surface area contributed by atoms with Gasteiger partial charge in [0.1, 0.15) is 6.04 Å². The number of amides is 1. The Morgan fingerprint density at radius 1 is 1.29 bits per heavy atom. The van der Waals surface area contributed by atoms with Gasteiger partial charge in [-0.15, -0.1) is 0 Å². The molecule has 0 aliphatic heterocycles. The summed E-state index contributed by atoms with van der Waals surface area (Å²) in [6, 6.07) is -0.732. The van der Waals surface area contributed by atoms with Crippen molar-refractivity contribution in [1.29, 1.82) is 0 Å².